The topological polar surface area (TPSA) is 43.1 Å². The number of alkyl halides is 3. The van der Waals surface area contributed by atoms with Crippen LogP contribution in [0, 0.1) is 0 Å². The lowest BCUT2D eigenvalue weighted by atomic mass is 10.2. The minimum Gasteiger partial charge on any atom is -0.263 e. The van der Waals surface area contributed by atoms with Crippen molar-refractivity contribution in [1.29, 1.82) is 0 Å². The largest absolute Gasteiger partial charge is 0.433 e. The lowest BCUT2D eigenvalue weighted by molar-refractivity contribution is -0.141. The van der Waals surface area contributed by atoms with Crippen molar-refractivity contribution < 1.29 is 13.2 Å². The third-order valence-electron chi connectivity index (χ3n) is 2.79. The Labute approximate surface area is 125 Å². The van der Waals surface area contributed by atoms with E-state index in [0.717, 1.165) is 6.07 Å². The Morgan fingerprint density at radius 2 is 2.14 bits per heavy atom. The molecule has 0 saturated heterocycles. The second kappa shape index (κ2) is 6.38. The molecule has 0 aliphatic heterocycles. The first-order valence-electron chi connectivity index (χ1n) is 6.35. The standard InChI is InChI=1S/C15H13F3N4/c1-3-12(9-19-4-2)22-10-11(8-20-22)13-6-5-7-14(21-13)15(16,17)18/h3-10H,2H2,1H3/b12-3+,19-9?. The number of aromatic nitrogens is 3. The monoisotopic (exact) mass is 306 g/mol. The molecule has 0 radical (unpaired) electrons. The van der Waals surface area contributed by atoms with Crippen molar-refractivity contribution in [3.8, 4) is 11.3 Å². The van der Waals surface area contributed by atoms with Crippen LogP contribution in [-0.4, -0.2) is 21.0 Å². The molecule has 4 nitrogen and oxygen atoms in total. The van der Waals surface area contributed by atoms with E-state index in [-0.39, 0.29) is 5.69 Å². The molecule has 2 aromatic heterocycles. The van der Waals surface area contributed by atoms with Crippen LogP contribution >= 0.6 is 0 Å². The molecule has 0 saturated carbocycles. The van der Waals surface area contributed by atoms with Gasteiger partial charge in [0, 0.05) is 18.0 Å². The molecular formula is C15H13F3N4. The Bertz CT molecular complexity index is 726. The maximum absolute atomic E-state index is 12.7. The zero-order valence-electron chi connectivity index (χ0n) is 11.7. The molecular weight excluding hydrogens is 293 g/mol. The number of rotatable bonds is 4. The van der Waals surface area contributed by atoms with Gasteiger partial charge in [0.15, 0.2) is 0 Å². The fraction of sp³-hybridized carbons (Fsp3) is 0.133. The average molecular weight is 306 g/mol. The first-order valence-corrected chi connectivity index (χ1v) is 6.35. The van der Waals surface area contributed by atoms with Crippen LogP contribution < -0.4 is 0 Å². The molecule has 2 rings (SSSR count). The van der Waals surface area contributed by atoms with Crippen molar-refractivity contribution in [1.82, 2.24) is 14.8 Å². The highest BCUT2D eigenvalue weighted by molar-refractivity contribution is 6.02. The second-order valence-corrected chi connectivity index (χ2v) is 4.25. The van der Waals surface area contributed by atoms with Crippen LogP contribution in [0.15, 0.2) is 54.4 Å². The maximum Gasteiger partial charge on any atom is 0.433 e. The number of nitrogens with zero attached hydrogens (tertiary/aromatic N) is 4. The Hall–Kier alpha value is -2.70. The number of halogens is 3. The Morgan fingerprint density at radius 1 is 1.36 bits per heavy atom. The van der Waals surface area contributed by atoms with Gasteiger partial charge < -0.3 is 0 Å². The molecule has 2 heterocycles. The van der Waals surface area contributed by atoms with Crippen LogP contribution in [0.5, 0.6) is 0 Å². The van der Waals surface area contributed by atoms with E-state index in [0.29, 0.717) is 11.3 Å². The Balaban J connectivity index is 2.36. The molecule has 0 aliphatic carbocycles. The van der Waals surface area contributed by atoms with Crippen molar-refractivity contribution in [2.75, 3.05) is 0 Å². The summed E-state index contributed by atoms with van der Waals surface area (Å²) in [5, 5.41) is 4.11. The Morgan fingerprint density at radius 3 is 2.77 bits per heavy atom. The molecule has 0 amide bonds. The van der Waals surface area contributed by atoms with Crippen molar-refractivity contribution in [3.63, 3.8) is 0 Å². The minimum absolute atomic E-state index is 0.206. The van der Waals surface area contributed by atoms with Gasteiger partial charge in [-0.15, -0.1) is 0 Å². The molecule has 0 spiro atoms. The van der Waals surface area contributed by atoms with E-state index in [4.69, 9.17) is 0 Å². The third-order valence-corrected chi connectivity index (χ3v) is 2.79. The van der Waals surface area contributed by atoms with Gasteiger partial charge in [-0.1, -0.05) is 18.7 Å². The van der Waals surface area contributed by atoms with Crippen LogP contribution in [0.1, 0.15) is 12.6 Å². The lowest BCUT2D eigenvalue weighted by Gasteiger charge is -2.06. The molecule has 0 N–H and O–H groups in total. The summed E-state index contributed by atoms with van der Waals surface area (Å²) in [6.45, 7) is 5.27. The molecule has 0 unspecified atom stereocenters. The highest BCUT2D eigenvalue weighted by Crippen LogP contribution is 2.29. The molecule has 0 atom stereocenters. The zero-order valence-corrected chi connectivity index (χ0v) is 11.7. The van der Waals surface area contributed by atoms with E-state index >= 15 is 0 Å². The molecule has 0 aromatic carbocycles. The first kappa shape index (κ1) is 15.7. The van der Waals surface area contributed by atoms with Crippen LogP contribution in [0.25, 0.3) is 17.0 Å². The average Bonchev–Trinajstić information content (AvgIpc) is 2.97. The summed E-state index contributed by atoms with van der Waals surface area (Å²) in [6, 6.07) is 3.75. The van der Waals surface area contributed by atoms with Gasteiger partial charge in [0.05, 0.1) is 23.8 Å². The summed E-state index contributed by atoms with van der Waals surface area (Å²) < 4.78 is 39.6. The van der Waals surface area contributed by atoms with E-state index in [1.807, 2.05) is 0 Å². The van der Waals surface area contributed by atoms with Crippen LogP contribution in [0.4, 0.5) is 13.2 Å². The van der Waals surface area contributed by atoms with Crippen molar-refractivity contribution in [2.45, 2.75) is 13.1 Å². The number of pyridine rings is 1. The summed E-state index contributed by atoms with van der Waals surface area (Å²) in [5.74, 6) is 0. The summed E-state index contributed by atoms with van der Waals surface area (Å²) in [5.41, 5.74) is 0.421. The SMILES string of the molecule is C=CN=C/C(=C\C)n1cc(-c2cccc(C(F)(F)F)n2)cn1. The normalized spacial score (nSPS) is 12.8. The molecule has 0 bridgehead atoms. The van der Waals surface area contributed by atoms with Gasteiger partial charge >= 0.3 is 6.18 Å². The number of allylic oxidation sites excluding steroid dienone is 2. The highest BCUT2D eigenvalue weighted by atomic mass is 19.4. The summed E-state index contributed by atoms with van der Waals surface area (Å²) in [6.07, 6.45) is 3.26. The highest BCUT2D eigenvalue weighted by Gasteiger charge is 2.32. The van der Waals surface area contributed by atoms with Crippen molar-refractivity contribution in [2.24, 2.45) is 4.99 Å². The van der Waals surface area contributed by atoms with Gasteiger partial charge in [0.1, 0.15) is 5.69 Å². The fourth-order valence-corrected chi connectivity index (χ4v) is 1.74. The summed E-state index contributed by atoms with van der Waals surface area (Å²) >= 11 is 0. The maximum atomic E-state index is 12.7. The van der Waals surface area contributed by atoms with Gasteiger partial charge in [-0.05, 0) is 19.1 Å². The second-order valence-electron chi connectivity index (χ2n) is 4.25. The van der Waals surface area contributed by atoms with Crippen molar-refractivity contribution >= 4 is 11.9 Å². The third kappa shape index (κ3) is 3.49. The summed E-state index contributed by atoms with van der Waals surface area (Å²) in [7, 11) is 0. The minimum atomic E-state index is -4.48. The van der Waals surface area contributed by atoms with Gasteiger partial charge in [-0.3, -0.25) is 4.99 Å². The van der Waals surface area contributed by atoms with E-state index in [9.17, 15) is 13.2 Å². The van der Waals surface area contributed by atoms with Crippen LogP contribution in [0.2, 0.25) is 0 Å². The van der Waals surface area contributed by atoms with E-state index in [2.05, 4.69) is 21.7 Å². The first-order chi connectivity index (χ1) is 10.5. The molecule has 22 heavy (non-hydrogen) atoms. The van der Waals surface area contributed by atoms with Crippen LogP contribution in [-0.2, 0) is 6.18 Å². The van der Waals surface area contributed by atoms with Crippen molar-refractivity contribution in [3.05, 3.63) is 55.1 Å². The van der Waals surface area contributed by atoms with Gasteiger partial charge in [-0.2, -0.15) is 18.3 Å². The summed E-state index contributed by atoms with van der Waals surface area (Å²) in [4.78, 5) is 7.52. The zero-order chi connectivity index (χ0) is 16.2. The molecule has 0 aliphatic rings. The predicted octanol–water partition coefficient (Wildman–Crippen LogP) is 4.04. The molecule has 0 fully saturated rings. The van der Waals surface area contributed by atoms with E-state index in [1.165, 1.54) is 29.2 Å². The number of aliphatic imine (C=N–C) groups is 1. The predicted molar refractivity (Wildman–Crippen MR) is 79.1 cm³/mol. The van der Waals surface area contributed by atoms with Gasteiger partial charge in [0.25, 0.3) is 0 Å². The van der Waals surface area contributed by atoms with E-state index < -0.39 is 11.9 Å². The number of hydrogen-bond acceptors (Lipinski definition) is 3. The quantitative estimate of drug-likeness (QED) is 0.800. The molecule has 7 heteroatoms. The van der Waals surface area contributed by atoms with E-state index in [1.54, 1.807) is 25.4 Å². The number of hydrogen-bond donors (Lipinski definition) is 0. The van der Waals surface area contributed by atoms with Crippen LogP contribution in [0.3, 0.4) is 0 Å². The fourth-order valence-electron chi connectivity index (χ4n) is 1.74. The molecule has 114 valence electrons. The smallest absolute Gasteiger partial charge is 0.263 e. The molecule has 2 aromatic rings. The van der Waals surface area contributed by atoms with Gasteiger partial charge in [0.2, 0.25) is 0 Å². The van der Waals surface area contributed by atoms with Gasteiger partial charge in [-0.25, -0.2) is 9.67 Å². The Kier molecular flexibility index (Phi) is 4.55. The lowest BCUT2D eigenvalue weighted by Crippen LogP contribution is -2.07.